The molecule has 0 saturated carbocycles. The third-order valence-corrected chi connectivity index (χ3v) is 5.97. The van der Waals surface area contributed by atoms with Crippen molar-refractivity contribution in [2.45, 2.75) is 18.9 Å². The molecule has 1 saturated heterocycles. The van der Waals surface area contributed by atoms with Gasteiger partial charge in [-0.3, -0.25) is 4.79 Å². The molecule has 1 aliphatic heterocycles. The van der Waals surface area contributed by atoms with Crippen LogP contribution in [0.2, 0.25) is 0 Å². The molecule has 0 N–H and O–H groups in total. The number of nitrogens with zero attached hydrogens (tertiary/aromatic N) is 6. The number of hydrogen-bond donors (Lipinski definition) is 0. The van der Waals surface area contributed by atoms with E-state index in [1.807, 2.05) is 47.4 Å². The van der Waals surface area contributed by atoms with Crippen molar-refractivity contribution in [1.29, 1.82) is 0 Å². The van der Waals surface area contributed by atoms with Crippen molar-refractivity contribution in [3.05, 3.63) is 65.4 Å². The summed E-state index contributed by atoms with van der Waals surface area (Å²) in [6.45, 7) is 0.758. The Hall–Kier alpha value is -3.13. The van der Waals surface area contributed by atoms with Gasteiger partial charge in [0.25, 0.3) is 5.91 Å². The zero-order chi connectivity index (χ0) is 18.2. The van der Waals surface area contributed by atoms with Crippen LogP contribution in [-0.2, 0) is 0 Å². The number of tetrazole rings is 1. The number of carbonyl (C=O) groups is 1. The van der Waals surface area contributed by atoms with Crippen molar-refractivity contribution in [2.75, 3.05) is 6.54 Å². The van der Waals surface area contributed by atoms with Gasteiger partial charge in [-0.15, -0.1) is 16.4 Å². The summed E-state index contributed by atoms with van der Waals surface area (Å²) in [4.78, 5) is 19.8. The fourth-order valence-electron chi connectivity index (χ4n) is 3.50. The predicted molar refractivity (Wildman–Crippen MR) is 102 cm³/mol. The molecule has 27 heavy (non-hydrogen) atoms. The number of benzene rings is 2. The number of fused-ring (bicyclic) bond motifs is 1. The second-order valence-electron chi connectivity index (χ2n) is 6.48. The monoisotopic (exact) mass is 376 g/mol. The Balaban J connectivity index is 1.41. The van der Waals surface area contributed by atoms with Gasteiger partial charge in [0.15, 0.2) is 0 Å². The lowest BCUT2D eigenvalue weighted by atomic mass is 10.1. The number of rotatable bonds is 3. The van der Waals surface area contributed by atoms with E-state index >= 15 is 0 Å². The molecule has 1 amide bonds. The van der Waals surface area contributed by atoms with Gasteiger partial charge in [-0.2, -0.15) is 0 Å². The Morgan fingerprint density at radius 2 is 1.96 bits per heavy atom. The fraction of sp³-hybridized carbons (Fsp3) is 0.211. The largest absolute Gasteiger partial charge is 0.329 e. The van der Waals surface area contributed by atoms with Crippen molar-refractivity contribution < 1.29 is 4.79 Å². The molecule has 1 aliphatic rings. The summed E-state index contributed by atoms with van der Waals surface area (Å²) in [5.41, 5.74) is 2.49. The highest BCUT2D eigenvalue weighted by atomic mass is 32.1. The van der Waals surface area contributed by atoms with Crippen LogP contribution in [0.5, 0.6) is 0 Å². The summed E-state index contributed by atoms with van der Waals surface area (Å²) in [5, 5.41) is 12.1. The lowest BCUT2D eigenvalue weighted by Crippen LogP contribution is -2.30. The molecule has 7 nitrogen and oxygen atoms in total. The first-order valence-electron chi connectivity index (χ1n) is 8.79. The van der Waals surface area contributed by atoms with E-state index < -0.39 is 0 Å². The number of amides is 1. The van der Waals surface area contributed by atoms with Crippen molar-refractivity contribution in [3.63, 3.8) is 0 Å². The maximum atomic E-state index is 13.1. The van der Waals surface area contributed by atoms with Crippen LogP contribution in [-0.4, -0.2) is 42.5 Å². The van der Waals surface area contributed by atoms with E-state index in [-0.39, 0.29) is 11.9 Å². The Labute approximate surface area is 159 Å². The third kappa shape index (κ3) is 2.87. The second kappa shape index (κ2) is 6.55. The van der Waals surface area contributed by atoms with E-state index in [1.54, 1.807) is 16.0 Å². The van der Waals surface area contributed by atoms with Gasteiger partial charge in [0, 0.05) is 12.1 Å². The molecule has 4 aromatic rings. The smallest absolute Gasteiger partial charge is 0.254 e. The minimum Gasteiger partial charge on any atom is -0.329 e. The van der Waals surface area contributed by atoms with E-state index in [1.165, 1.54) is 6.33 Å². The van der Waals surface area contributed by atoms with Gasteiger partial charge < -0.3 is 4.90 Å². The van der Waals surface area contributed by atoms with Gasteiger partial charge >= 0.3 is 0 Å². The zero-order valence-electron chi connectivity index (χ0n) is 14.4. The number of carbonyl (C=O) groups excluding carboxylic acids is 1. The number of aromatic nitrogens is 5. The minimum atomic E-state index is 0.0417. The van der Waals surface area contributed by atoms with E-state index in [4.69, 9.17) is 4.98 Å². The third-order valence-electron chi connectivity index (χ3n) is 4.84. The molecule has 5 rings (SSSR count). The number of para-hydroxylation sites is 1. The fourth-order valence-corrected chi connectivity index (χ4v) is 4.62. The van der Waals surface area contributed by atoms with E-state index in [2.05, 4.69) is 21.6 Å². The topological polar surface area (TPSA) is 76.8 Å². The summed E-state index contributed by atoms with van der Waals surface area (Å²) in [5.74, 6) is 0.0417. The highest BCUT2D eigenvalue weighted by Crippen LogP contribution is 2.37. The first-order chi connectivity index (χ1) is 13.3. The quantitative estimate of drug-likeness (QED) is 0.549. The molecule has 0 aliphatic carbocycles. The number of hydrogen-bond acceptors (Lipinski definition) is 6. The summed E-state index contributed by atoms with van der Waals surface area (Å²) < 4.78 is 2.73. The van der Waals surface area contributed by atoms with Crippen LogP contribution in [0.1, 0.15) is 34.2 Å². The van der Waals surface area contributed by atoms with Gasteiger partial charge in [0.2, 0.25) is 0 Å². The van der Waals surface area contributed by atoms with Crippen molar-refractivity contribution >= 4 is 27.5 Å². The SMILES string of the molecule is O=C(c1ccc(-n2cnnn2)cc1)N1CCCC1c1nc2ccccc2s1. The zero-order valence-corrected chi connectivity index (χ0v) is 15.2. The molecular formula is C19H16N6OS. The molecule has 3 heterocycles. The average Bonchev–Trinajstić information content (AvgIpc) is 3.47. The maximum absolute atomic E-state index is 13.1. The summed E-state index contributed by atoms with van der Waals surface area (Å²) in [7, 11) is 0. The average molecular weight is 376 g/mol. The molecule has 134 valence electrons. The molecule has 1 fully saturated rings. The molecular weight excluding hydrogens is 360 g/mol. The van der Waals surface area contributed by atoms with Gasteiger partial charge in [-0.05, 0) is 59.7 Å². The summed E-state index contributed by atoms with van der Waals surface area (Å²) in [6, 6.07) is 15.5. The summed E-state index contributed by atoms with van der Waals surface area (Å²) >= 11 is 1.68. The number of thiazole rings is 1. The van der Waals surface area contributed by atoms with Gasteiger partial charge in [-0.1, -0.05) is 12.1 Å². The summed E-state index contributed by atoms with van der Waals surface area (Å²) in [6.07, 6.45) is 3.48. The van der Waals surface area contributed by atoms with Crippen LogP contribution in [0.4, 0.5) is 0 Å². The molecule has 8 heteroatoms. The molecule has 0 radical (unpaired) electrons. The van der Waals surface area contributed by atoms with Crippen LogP contribution in [0.25, 0.3) is 15.9 Å². The van der Waals surface area contributed by atoms with Crippen molar-refractivity contribution in [2.24, 2.45) is 0 Å². The Kier molecular flexibility index (Phi) is 3.90. The normalized spacial score (nSPS) is 16.9. The van der Waals surface area contributed by atoms with Crippen molar-refractivity contribution in [3.8, 4) is 5.69 Å². The van der Waals surface area contributed by atoms with Gasteiger partial charge in [0.1, 0.15) is 11.3 Å². The van der Waals surface area contributed by atoms with Crippen LogP contribution >= 0.6 is 11.3 Å². The molecule has 1 unspecified atom stereocenters. The minimum absolute atomic E-state index is 0.0417. The first kappa shape index (κ1) is 16.1. The van der Waals surface area contributed by atoms with E-state index in [9.17, 15) is 4.79 Å². The second-order valence-corrected chi connectivity index (χ2v) is 7.54. The van der Waals surface area contributed by atoms with Crippen LogP contribution in [0, 0.1) is 0 Å². The molecule has 2 aromatic heterocycles. The highest BCUT2D eigenvalue weighted by molar-refractivity contribution is 7.18. The Bertz CT molecular complexity index is 1060. The van der Waals surface area contributed by atoms with E-state index in [0.29, 0.717) is 5.56 Å². The standard InChI is InChI=1S/C19H16N6OS/c26-19(13-7-9-14(10-8-13)25-12-20-22-23-25)24-11-3-5-16(24)18-21-15-4-1-2-6-17(15)27-18/h1-2,4,6-10,12,16H,3,5,11H2. The highest BCUT2D eigenvalue weighted by Gasteiger charge is 2.32. The Morgan fingerprint density at radius 1 is 1.11 bits per heavy atom. The Morgan fingerprint density at radius 3 is 2.74 bits per heavy atom. The molecule has 1 atom stereocenters. The van der Waals surface area contributed by atoms with E-state index in [0.717, 1.165) is 40.3 Å². The predicted octanol–water partition coefficient (Wildman–Crippen LogP) is 3.25. The van der Waals surface area contributed by atoms with Gasteiger partial charge in [-0.25, -0.2) is 9.67 Å². The molecule has 0 spiro atoms. The van der Waals surface area contributed by atoms with Crippen LogP contribution in [0.3, 0.4) is 0 Å². The number of likely N-dealkylation sites (tertiary alicyclic amines) is 1. The first-order valence-corrected chi connectivity index (χ1v) is 9.61. The van der Waals surface area contributed by atoms with Crippen LogP contribution in [0.15, 0.2) is 54.9 Å². The lowest BCUT2D eigenvalue weighted by Gasteiger charge is -2.23. The lowest BCUT2D eigenvalue weighted by molar-refractivity contribution is 0.0735. The molecule has 2 aromatic carbocycles. The molecule has 0 bridgehead atoms. The van der Waals surface area contributed by atoms with Gasteiger partial charge in [0.05, 0.1) is 21.9 Å². The van der Waals surface area contributed by atoms with Crippen molar-refractivity contribution in [1.82, 2.24) is 30.1 Å². The maximum Gasteiger partial charge on any atom is 0.254 e. The van der Waals surface area contributed by atoms with Crippen LogP contribution < -0.4 is 0 Å².